The fourth-order valence-electron chi connectivity index (χ4n) is 3.73. The van der Waals surface area contributed by atoms with E-state index >= 15 is 0 Å². The second-order valence-corrected chi connectivity index (χ2v) is 6.26. The maximum absolute atomic E-state index is 6.14. The number of hydrogen-bond donors (Lipinski definition) is 1. The van der Waals surface area contributed by atoms with Crippen LogP contribution in [0.4, 0.5) is 0 Å². The predicted octanol–water partition coefficient (Wildman–Crippen LogP) is 1.53. The van der Waals surface area contributed by atoms with Crippen molar-refractivity contribution >= 4 is 0 Å². The normalized spacial score (nSPS) is 40.9. The summed E-state index contributed by atoms with van der Waals surface area (Å²) in [7, 11) is 2.24. The molecule has 0 aromatic carbocycles. The van der Waals surface area contributed by atoms with Crippen LogP contribution in [-0.2, 0) is 0 Å². The van der Waals surface area contributed by atoms with Gasteiger partial charge in [-0.3, -0.25) is 4.90 Å². The van der Waals surface area contributed by atoms with Gasteiger partial charge in [0.05, 0.1) is 0 Å². The minimum Gasteiger partial charge on any atom is -0.329 e. The molecule has 2 fully saturated rings. The topological polar surface area (TPSA) is 32.5 Å². The van der Waals surface area contributed by atoms with E-state index in [9.17, 15) is 0 Å². The largest absolute Gasteiger partial charge is 0.329 e. The quantitative estimate of drug-likeness (QED) is 0.811. The summed E-state index contributed by atoms with van der Waals surface area (Å²) in [5, 5.41) is 0. The standard InChI is InChI=1S/C14H29N3/c1-4-13-6-5-7-17(9-13)14(10-15)8-12(2)16(3)11-14/h12-13H,4-11,15H2,1-3H3. The predicted molar refractivity (Wildman–Crippen MR) is 73.1 cm³/mol. The summed E-state index contributed by atoms with van der Waals surface area (Å²) in [5.41, 5.74) is 6.41. The smallest absolute Gasteiger partial charge is 0.0473 e. The van der Waals surface area contributed by atoms with Gasteiger partial charge in [0.2, 0.25) is 0 Å². The first-order chi connectivity index (χ1) is 8.11. The zero-order chi connectivity index (χ0) is 12.5. The molecule has 0 aromatic rings. The van der Waals surface area contributed by atoms with Crippen LogP contribution in [0, 0.1) is 5.92 Å². The van der Waals surface area contributed by atoms with E-state index in [4.69, 9.17) is 5.73 Å². The highest BCUT2D eigenvalue weighted by molar-refractivity contribution is 5.03. The molecule has 3 atom stereocenters. The Hall–Kier alpha value is -0.120. The van der Waals surface area contributed by atoms with Gasteiger partial charge in [-0.05, 0) is 45.7 Å². The maximum atomic E-state index is 6.14. The van der Waals surface area contributed by atoms with Crippen molar-refractivity contribution in [3.63, 3.8) is 0 Å². The number of hydrogen-bond acceptors (Lipinski definition) is 3. The number of likely N-dealkylation sites (tertiary alicyclic amines) is 2. The Morgan fingerprint density at radius 2 is 2.18 bits per heavy atom. The molecule has 0 aliphatic carbocycles. The molecule has 2 saturated heterocycles. The minimum atomic E-state index is 0.266. The van der Waals surface area contributed by atoms with E-state index < -0.39 is 0 Å². The molecule has 3 unspecified atom stereocenters. The van der Waals surface area contributed by atoms with Crippen LogP contribution in [-0.4, -0.2) is 54.6 Å². The summed E-state index contributed by atoms with van der Waals surface area (Å²) in [4.78, 5) is 5.19. The molecule has 2 N–H and O–H groups in total. The molecule has 3 heteroatoms. The van der Waals surface area contributed by atoms with Gasteiger partial charge in [0, 0.05) is 31.2 Å². The zero-order valence-electron chi connectivity index (χ0n) is 11.8. The van der Waals surface area contributed by atoms with Crippen molar-refractivity contribution in [2.75, 3.05) is 33.2 Å². The summed E-state index contributed by atoms with van der Waals surface area (Å²) < 4.78 is 0. The average molecular weight is 239 g/mol. The van der Waals surface area contributed by atoms with Gasteiger partial charge in [-0.2, -0.15) is 0 Å². The first-order valence-electron chi connectivity index (χ1n) is 7.26. The summed E-state index contributed by atoms with van der Waals surface area (Å²) in [5.74, 6) is 0.897. The average Bonchev–Trinajstić information content (AvgIpc) is 2.66. The molecule has 100 valence electrons. The van der Waals surface area contributed by atoms with Crippen LogP contribution >= 0.6 is 0 Å². The highest BCUT2D eigenvalue weighted by Crippen LogP contribution is 2.34. The Morgan fingerprint density at radius 1 is 1.41 bits per heavy atom. The van der Waals surface area contributed by atoms with Gasteiger partial charge >= 0.3 is 0 Å². The third-order valence-corrected chi connectivity index (χ3v) is 5.12. The monoisotopic (exact) mass is 239 g/mol. The molecule has 2 heterocycles. The van der Waals surface area contributed by atoms with Gasteiger partial charge in [-0.1, -0.05) is 13.3 Å². The molecule has 3 nitrogen and oxygen atoms in total. The Bertz CT molecular complexity index is 244. The molecule has 0 amide bonds. The summed E-state index contributed by atoms with van der Waals surface area (Å²) in [6.07, 6.45) is 5.34. The Kier molecular flexibility index (Phi) is 4.11. The van der Waals surface area contributed by atoms with Gasteiger partial charge in [0.15, 0.2) is 0 Å². The molecule has 2 rings (SSSR count). The molecule has 0 bridgehead atoms. The molecular formula is C14H29N3. The van der Waals surface area contributed by atoms with Gasteiger partial charge in [-0.15, -0.1) is 0 Å². The van der Waals surface area contributed by atoms with Crippen molar-refractivity contribution < 1.29 is 0 Å². The Balaban J connectivity index is 2.07. The third kappa shape index (κ3) is 2.51. The molecule has 0 radical (unpaired) electrons. The van der Waals surface area contributed by atoms with Crippen molar-refractivity contribution in [2.45, 2.75) is 51.1 Å². The summed E-state index contributed by atoms with van der Waals surface area (Å²) in [6.45, 7) is 9.16. The lowest BCUT2D eigenvalue weighted by molar-refractivity contribution is 0.0530. The lowest BCUT2D eigenvalue weighted by Crippen LogP contribution is -2.58. The highest BCUT2D eigenvalue weighted by atomic mass is 15.3. The van der Waals surface area contributed by atoms with Crippen LogP contribution in [0.1, 0.15) is 39.5 Å². The molecular weight excluding hydrogens is 210 g/mol. The molecule has 2 aliphatic rings. The second-order valence-electron chi connectivity index (χ2n) is 6.26. The van der Waals surface area contributed by atoms with E-state index in [1.165, 1.54) is 38.8 Å². The first-order valence-corrected chi connectivity index (χ1v) is 7.26. The fraction of sp³-hybridized carbons (Fsp3) is 1.00. The molecule has 0 spiro atoms. The maximum Gasteiger partial charge on any atom is 0.0473 e. The van der Waals surface area contributed by atoms with E-state index in [1.807, 2.05) is 0 Å². The van der Waals surface area contributed by atoms with Gasteiger partial charge in [0.1, 0.15) is 0 Å². The number of nitrogens with two attached hydrogens (primary N) is 1. The SMILES string of the molecule is CCC1CCCN(C2(CN)CC(C)N(C)C2)C1. The van der Waals surface area contributed by atoms with Crippen LogP contribution in [0.2, 0.25) is 0 Å². The van der Waals surface area contributed by atoms with E-state index in [0.29, 0.717) is 6.04 Å². The van der Waals surface area contributed by atoms with Gasteiger partial charge in [0.25, 0.3) is 0 Å². The molecule has 0 aromatic heterocycles. The van der Waals surface area contributed by atoms with Crippen LogP contribution in [0.15, 0.2) is 0 Å². The van der Waals surface area contributed by atoms with Crippen LogP contribution in [0.25, 0.3) is 0 Å². The number of nitrogens with zero attached hydrogens (tertiary/aromatic N) is 2. The molecule has 2 aliphatic heterocycles. The van der Waals surface area contributed by atoms with Crippen LogP contribution in [0.5, 0.6) is 0 Å². The Morgan fingerprint density at radius 3 is 2.71 bits per heavy atom. The van der Waals surface area contributed by atoms with E-state index in [-0.39, 0.29) is 5.54 Å². The van der Waals surface area contributed by atoms with Crippen LogP contribution < -0.4 is 5.73 Å². The van der Waals surface area contributed by atoms with Gasteiger partial charge in [-0.25, -0.2) is 0 Å². The molecule has 0 saturated carbocycles. The molecule has 17 heavy (non-hydrogen) atoms. The summed E-state index contributed by atoms with van der Waals surface area (Å²) >= 11 is 0. The lowest BCUT2D eigenvalue weighted by atomic mass is 9.87. The fourth-order valence-corrected chi connectivity index (χ4v) is 3.73. The van der Waals surface area contributed by atoms with Crippen molar-refractivity contribution in [3.8, 4) is 0 Å². The van der Waals surface area contributed by atoms with E-state index in [1.54, 1.807) is 0 Å². The zero-order valence-corrected chi connectivity index (χ0v) is 11.8. The number of rotatable bonds is 3. The van der Waals surface area contributed by atoms with E-state index in [2.05, 4.69) is 30.7 Å². The van der Waals surface area contributed by atoms with Gasteiger partial charge < -0.3 is 10.6 Å². The Labute approximate surface area is 106 Å². The van der Waals surface area contributed by atoms with E-state index in [0.717, 1.165) is 19.0 Å². The summed E-state index contributed by atoms with van der Waals surface area (Å²) in [6, 6.07) is 0.681. The lowest BCUT2D eigenvalue weighted by Gasteiger charge is -2.45. The second kappa shape index (κ2) is 5.25. The number of likely N-dealkylation sites (N-methyl/N-ethyl adjacent to an activating group) is 1. The van der Waals surface area contributed by atoms with Crippen molar-refractivity contribution in [1.29, 1.82) is 0 Å². The highest BCUT2D eigenvalue weighted by Gasteiger charge is 2.45. The van der Waals surface area contributed by atoms with Crippen molar-refractivity contribution in [2.24, 2.45) is 11.7 Å². The third-order valence-electron chi connectivity index (χ3n) is 5.12. The number of piperidine rings is 1. The minimum absolute atomic E-state index is 0.266. The van der Waals surface area contributed by atoms with Crippen molar-refractivity contribution in [3.05, 3.63) is 0 Å². The van der Waals surface area contributed by atoms with Crippen molar-refractivity contribution in [1.82, 2.24) is 9.80 Å². The first kappa shape index (κ1) is 13.3. The van der Waals surface area contributed by atoms with Crippen LogP contribution in [0.3, 0.4) is 0 Å².